The number of hydrogen-bond donors (Lipinski definition) is 2. The van der Waals surface area contributed by atoms with Gasteiger partial charge in [0.05, 0.1) is 0 Å². The number of carboxylic acid groups (broad SMARTS) is 1. The molecule has 0 bridgehead atoms. The monoisotopic (exact) mass is 225 g/mol. The molecule has 0 saturated heterocycles. The fraction of sp³-hybridized carbons (Fsp3) is 0.364. The van der Waals surface area contributed by atoms with Gasteiger partial charge in [0.15, 0.2) is 0 Å². The number of carbonyl (C=O) groups is 1. The molecule has 0 unspecified atom stereocenters. The molecule has 82 valence electrons. The summed E-state index contributed by atoms with van der Waals surface area (Å²) in [5.74, 6) is -0.863. The standard InChI is InChI=1S/C11H15NO2S/c1-11(2,10(13)14)12-8-6-4-5-7-9(8)15-3/h4-7,12H,1-3H3,(H,13,14). The third kappa shape index (κ3) is 2.89. The average Bonchev–Trinajstić information content (AvgIpc) is 2.18. The highest BCUT2D eigenvalue weighted by Crippen LogP contribution is 2.27. The molecule has 0 aliphatic carbocycles. The van der Waals surface area contributed by atoms with Gasteiger partial charge in [0.1, 0.15) is 5.54 Å². The van der Waals surface area contributed by atoms with Crippen molar-refractivity contribution >= 4 is 23.4 Å². The summed E-state index contributed by atoms with van der Waals surface area (Å²) in [6.07, 6.45) is 1.97. The van der Waals surface area contributed by atoms with Gasteiger partial charge in [-0.15, -0.1) is 11.8 Å². The van der Waals surface area contributed by atoms with E-state index in [1.807, 2.05) is 30.5 Å². The molecule has 0 saturated carbocycles. The smallest absolute Gasteiger partial charge is 0.328 e. The number of anilines is 1. The van der Waals surface area contributed by atoms with Crippen LogP contribution < -0.4 is 5.32 Å². The van der Waals surface area contributed by atoms with Crippen LogP contribution in [0.4, 0.5) is 5.69 Å². The van der Waals surface area contributed by atoms with E-state index >= 15 is 0 Å². The van der Waals surface area contributed by atoms with Crippen LogP contribution in [0.3, 0.4) is 0 Å². The summed E-state index contributed by atoms with van der Waals surface area (Å²) < 4.78 is 0. The topological polar surface area (TPSA) is 49.3 Å². The molecule has 0 aliphatic rings. The molecule has 2 N–H and O–H groups in total. The summed E-state index contributed by atoms with van der Waals surface area (Å²) in [6, 6.07) is 7.67. The first-order valence-corrected chi connectivity index (χ1v) is 5.84. The highest BCUT2D eigenvalue weighted by atomic mass is 32.2. The maximum absolute atomic E-state index is 11.0. The molecule has 0 aliphatic heterocycles. The lowest BCUT2D eigenvalue weighted by molar-refractivity contribution is -0.141. The number of rotatable bonds is 4. The zero-order valence-corrected chi connectivity index (χ0v) is 9.89. The van der Waals surface area contributed by atoms with Crippen LogP contribution in [0.15, 0.2) is 29.2 Å². The molecule has 0 heterocycles. The SMILES string of the molecule is CSc1ccccc1NC(C)(C)C(=O)O. The summed E-state index contributed by atoms with van der Waals surface area (Å²) in [7, 11) is 0. The Morgan fingerprint density at radius 1 is 1.40 bits per heavy atom. The van der Waals surface area contributed by atoms with Crippen molar-refractivity contribution in [3.05, 3.63) is 24.3 Å². The predicted molar refractivity (Wildman–Crippen MR) is 63.6 cm³/mol. The zero-order valence-electron chi connectivity index (χ0n) is 9.07. The van der Waals surface area contributed by atoms with E-state index in [0.717, 1.165) is 10.6 Å². The Kier molecular flexibility index (Phi) is 3.63. The van der Waals surface area contributed by atoms with E-state index in [1.54, 1.807) is 25.6 Å². The molecule has 0 amide bonds. The minimum Gasteiger partial charge on any atom is -0.480 e. The Morgan fingerprint density at radius 2 is 2.00 bits per heavy atom. The summed E-state index contributed by atoms with van der Waals surface area (Å²) in [5.41, 5.74) is -0.0938. The maximum Gasteiger partial charge on any atom is 0.328 e. The van der Waals surface area contributed by atoms with E-state index in [-0.39, 0.29) is 0 Å². The molecule has 1 aromatic carbocycles. The molecule has 1 rings (SSSR count). The summed E-state index contributed by atoms with van der Waals surface area (Å²) in [5, 5.41) is 12.0. The van der Waals surface area contributed by atoms with Crippen molar-refractivity contribution in [1.82, 2.24) is 0 Å². The number of benzene rings is 1. The van der Waals surface area contributed by atoms with Crippen LogP contribution in [0.1, 0.15) is 13.8 Å². The van der Waals surface area contributed by atoms with Crippen molar-refractivity contribution in [2.45, 2.75) is 24.3 Å². The Hall–Kier alpha value is -1.16. The first-order valence-electron chi connectivity index (χ1n) is 4.62. The average molecular weight is 225 g/mol. The van der Waals surface area contributed by atoms with Crippen LogP contribution in [0.2, 0.25) is 0 Å². The number of carboxylic acids is 1. The van der Waals surface area contributed by atoms with E-state index in [0.29, 0.717) is 0 Å². The number of hydrogen-bond acceptors (Lipinski definition) is 3. The summed E-state index contributed by atoms with van der Waals surface area (Å²) >= 11 is 1.59. The number of para-hydroxylation sites is 1. The van der Waals surface area contributed by atoms with E-state index in [4.69, 9.17) is 5.11 Å². The van der Waals surface area contributed by atoms with E-state index in [2.05, 4.69) is 5.32 Å². The molecule has 4 heteroatoms. The van der Waals surface area contributed by atoms with Crippen molar-refractivity contribution in [1.29, 1.82) is 0 Å². The normalized spacial score (nSPS) is 11.1. The van der Waals surface area contributed by atoms with Crippen LogP contribution in [0.5, 0.6) is 0 Å². The fourth-order valence-corrected chi connectivity index (χ4v) is 1.69. The first-order chi connectivity index (χ1) is 6.97. The van der Waals surface area contributed by atoms with Crippen LogP contribution in [0.25, 0.3) is 0 Å². The molecule has 0 aromatic heterocycles. The molecule has 3 nitrogen and oxygen atoms in total. The molecule has 15 heavy (non-hydrogen) atoms. The Balaban J connectivity index is 2.94. The van der Waals surface area contributed by atoms with E-state index < -0.39 is 11.5 Å². The second-order valence-corrected chi connectivity index (χ2v) is 4.60. The molecular weight excluding hydrogens is 210 g/mol. The minimum absolute atomic E-state index is 0.859. The van der Waals surface area contributed by atoms with Gasteiger partial charge >= 0.3 is 5.97 Å². The lowest BCUT2D eigenvalue weighted by Crippen LogP contribution is -2.40. The van der Waals surface area contributed by atoms with Gasteiger partial charge in [0, 0.05) is 10.6 Å². The second kappa shape index (κ2) is 4.57. The number of thioether (sulfide) groups is 1. The molecule has 0 spiro atoms. The Bertz CT molecular complexity index is 363. The first kappa shape index (κ1) is 11.9. The fourth-order valence-electron chi connectivity index (χ4n) is 1.14. The Morgan fingerprint density at radius 3 is 2.53 bits per heavy atom. The van der Waals surface area contributed by atoms with Crippen molar-refractivity contribution in [2.75, 3.05) is 11.6 Å². The van der Waals surface area contributed by atoms with Crippen molar-refractivity contribution < 1.29 is 9.90 Å². The van der Waals surface area contributed by atoms with Gasteiger partial charge in [0.25, 0.3) is 0 Å². The highest BCUT2D eigenvalue weighted by Gasteiger charge is 2.27. The van der Waals surface area contributed by atoms with E-state index in [1.165, 1.54) is 0 Å². The van der Waals surface area contributed by atoms with Gasteiger partial charge in [0.2, 0.25) is 0 Å². The second-order valence-electron chi connectivity index (χ2n) is 3.76. The van der Waals surface area contributed by atoms with Gasteiger partial charge in [-0.2, -0.15) is 0 Å². The zero-order chi connectivity index (χ0) is 11.5. The molecule has 0 atom stereocenters. The minimum atomic E-state index is -0.953. The maximum atomic E-state index is 11.0. The van der Waals surface area contributed by atoms with Crippen LogP contribution >= 0.6 is 11.8 Å². The third-order valence-corrected chi connectivity index (χ3v) is 2.88. The largest absolute Gasteiger partial charge is 0.480 e. The molecular formula is C11H15NO2S. The van der Waals surface area contributed by atoms with Crippen LogP contribution in [0, 0.1) is 0 Å². The molecule has 0 fully saturated rings. The van der Waals surface area contributed by atoms with Crippen LogP contribution in [-0.2, 0) is 4.79 Å². The summed E-state index contributed by atoms with van der Waals surface area (Å²) in [4.78, 5) is 12.0. The quantitative estimate of drug-likeness (QED) is 0.773. The van der Waals surface area contributed by atoms with Crippen molar-refractivity contribution in [3.63, 3.8) is 0 Å². The van der Waals surface area contributed by atoms with Crippen molar-refractivity contribution in [2.24, 2.45) is 0 Å². The lowest BCUT2D eigenvalue weighted by Gasteiger charge is -2.23. The van der Waals surface area contributed by atoms with Crippen molar-refractivity contribution in [3.8, 4) is 0 Å². The van der Waals surface area contributed by atoms with E-state index in [9.17, 15) is 4.79 Å². The number of aliphatic carboxylic acids is 1. The third-order valence-electron chi connectivity index (χ3n) is 2.09. The Labute approximate surface area is 93.9 Å². The van der Waals surface area contributed by atoms with Crippen LogP contribution in [-0.4, -0.2) is 22.9 Å². The molecule has 0 radical (unpaired) electrons. The molecule has 1 aromatic rings. The van der Waals surface area contributed by atoms with Gasteiger partial charge < -0.3 is 10.4 Å². The lowest BCUT2D eigenvalue weighted by atomic mass is 10.1. The van der Waals surface area contributed by atoms with Gasteiger partial charge in [-0.25, -0.2) is 4.79 Å². The highest BCUT2D eigenvalue weighted by molar-refractivity contribution is 7.98. The summed E-state index contributed by atoms with van der Waals surface area (Å²) in [6.45, 7) is 3.29. The predicted octanol–water partition coefficient (Wildman–Crippen LogP) is 2.68. The van der Waals surface area contributed by atoms with Gasteiger partial charge in [-0.1, -0.05) is 12.1 Å². The number of nitrogens with one attached hydrogen (secondary N) is 1. The van der Waals surface area contributed by atoms with Gasteiger partial charge in [-0.3, -0.25) is 0 Å². The van der Waals surface area contributed by atoms with Gasteiger partial charge in [-0.05, 0) is 32.2 Å².